The van der Waals surface area contributed by atoms with E-state index in [1.807, 2.05) is 0 Å². The van der Waals surface area contributed by atoms with Gasteiger partial charge in [0.05, 0.1) is 4.99 Å². The van der Waals surface area contributed by atoms with Gasteiger partial charge in [-0.05, 0) is 77.6 Å². The van der Waals surface area contributed by atoms with E-state index >= 15 is 0 Å². The van der Waals surface area contributed by atoms with E-state index in [0.29, 0.717) is 11.5 Å². The van der Waals surface area contributed by atoms with Crippen molar-refractivity contribution in [2.45, 2.75) is 87.7 Å². The maximum atomic E-state index is 6.46. The predicted octanol–water partition coefficient (Wildman–Crippen LogP) is 5.44. The second kappa shape index (κ2) is 7.49. The molecule has 4 bridgehead atoms. The summed E-state index contributed by atoms with van der Waals surface area (Å²) in [5.74, 6) is 1.48. The zero-order chi connectivity index (χ0) is 21.1. The highest BCUT2D eigenvalue weighted by Gasteiger charge is 2.62. The minimum absolute atomic E-state index is 0.149. The van der Waals surface area contributed by atoms with Crippen molar-refractivity contribution < 1.29 is 0 Å². The zero-order valence-electron chi connectivity index (χ0n) is 19.1. The number of likely N-dealkylation sites (tertiary alicyclic amines) is 1. The molecule has 3 saturated heterocycles. The molecule has 1 aromatic carbocycles. The fourth-order valence-electron chi connectivity index (χ4n) is 7.70. The smallest absolute Gasteiger partial charge is 0.0843 e. The van der Waals surface area contributed by atoms with E-state index in [-0.39, 0.29) is 21.7 Å². The molecule has 30 heavy (non-hydrogen) atoms. The Morgan fingerprint density at radius 1 is 1.13 bits per heavy atom. The number of piperidine rings is 1. The van der Waals surface area contributed by atoms with Crippen LogP contribution in [0.1, 0.15) is 71.3 Å². The van der Waals surface area contributed by atoms with E-state index in [2.05, 4.69) is 56.0 Å². The van der Waals surface area contributed by atoms with E-state index in [0.717, 1.165) is 30.0 Å². The van der Waals surface area contributed by atoms with Gasteiger partial charge in [0.1, 0.15) is 0 Å². The van der Waals surface area contributed by atoms with Crippen LogP contribution in [-0.4, -0.2) is 45.3 Å². The lowest BCUT2D eigenvalue weighted by Crippen LogP contribution is -2.64. The maximum Gasteiger partial charge on any atom is 0.0843 e. The number of hydrogen-bond donors (Lipinski definition) is 2. The lowest BCUT2D eigenvalue weighted by molar-refractivity contribution is 0.0782. The number of rotatable bonds is 4. The molecule has 5 fully saturated rings. The van der Waals surface area contributed by atoms with Crippen molar-refractivity contribution in [1.29, 1.82) is 0 Å². The monoisotopic (exact) mass is 444 g/mol. The normalized spacial score (nSPS) is 43.0. The van der Waals surface area contributed by atoms with Crippen LogP contribution in [-0.2, 0) is 5.41 Å². The highest BCUT2D eigenvalue weighted by Crippen LogP contribution is 2.71. The van der Waals surface area contributed by atoms with Gasteiger partial charge in [-0.3, -0.25) is 0 Å². The lowest BCUT2D eigenvalue weighted by atomic mass is 9.51. The van der Waals surface area contributed by atoms with Gasteiger partial charge in [0.2, 0.25) is 0 Å². The van der Waals surface area contributed by atoms with Crippen LogP contribution in [0.25, 0.3) is 0 Å². The van der Waals surface area contributed by atoms with Crippen LogP contribution >= 0.6 is 23.1 Å². The second-order valence-corrected chi connectivity index (χ2v) is 14.9. The van der Waals surface area contributed by atoms with Gasteiger partial charge in [0.15, 0.2) is 0 Å². The molecule has 2 unspecified atom stereocenters. The number of benzene rings is 1. The number of hydrogen-bond acceptors (Lipinski definition) is 2. The van der Waals surface area contributed by atoms with Crippen LogP contribution in [0.2, 0.25) is 0 Å². The number of nitrogens with two attached hydrogens (primary N) is 1. The first-order valence-electron chi connectivity index (χ1n) is 12.1. The van der Waals surface area contributed by atoms with Crippen LogP contribution in [0.3, 0.4) is 0 Å². The highest BCUT2D eigenvalue weighted by molar-refractivity contribution is 8.18. The molecule has 4 heteroatoms. The van der Waals surface area contributed by atoms with Crippen LogP contribution in [0.4, 0.5) is 0 Å². The second-order valence-electron chi connectivity index (χ2n) is 11.6. The molecule has 166 valence electrons. The molecule has 3 aliphatic heterocycles. The Hall–Kier alpha value is -0.580. The lowest BCUT2D eigenvalue weighted by Gasteiger charge is -2.67. The van der Waals surface area contributed by atoms with Crippen molar-refractivity contribution >= 4 is 28.1 Å². The van der Waals surface area contributed by atoms with Crippen LogP contribution in [0, 0.1) is 10.8 Å². The molecule has 2 saturated carbocycles. The van der Waals surface area contributed by atoms with Gasteiger partial charge in [-0.25, -0.2) is 10.9 Å². The van der Waals surface area contributed by atoms with Crippen molar-refractivity contribution in [3.63, 3.8) is 0 Å². The van der Waals surface area contributed by atoms with Gasteiger partial charge in [-0.1, -0.05) is 63.3 Å². The molecular weight excluding hydrogens is 404 g/mol. The summed E-state index contributed by atoms with van der Waals surface area (Å²) >= 11 is 6.40. The largest absolute Gasteiger partial charge is 0.365 e. The fourth-order valence-corrected chi connectivity index (χ4v) is 12.3. The number of thiocarbonyl (C=S) groups is 1. The molecule has 3 heterocycles. The predicted molar refractivity (Wildman–Crippen MR) is 136 cm³/mol. The molecule has 1 aromatic rings. The van der Waals surface area contributed by atoms with Crippen LogP contribution in [0.5, 0.6) is 0 Å². The van der Waals surface area contributed by atoms with E-state index in [1.54, 1.807) is 5.56 Å². The number of thiol groups is 1. The minimum Gasteiger partial charge on any atom is -0.365 e. The van der Waals surface area contributed by atoms with Gasteiger partial charge in [-0.15, -0.1) is 0 Å². The van der Waals surface area contributed by atoms with E-state index in [4.69, 9.17) is 18.0 Å². The van der Waals surface area contributed by atoms with Gasteiger partial charge < -0.3 is 10.6 Å². The summed E-state index contributed by atoms with van der Waals surface area (Å²) in [7, 11) is 0.173. The van der Waals surface area contributed by atoms with Gasteiger partial charge in [0, 0.05) is 24.5 Å². The molecule has 6 rings (SSSR count). The van der Waals surface area contributed by atoms with Crippen molar-refractivity contribution in [2.75, 3.05) is 18.8 Å². The molecule has 5 aliphatic rings. The Morgan fingerprint density at radius 2 is 1.80 bits per heavy atom. The molecule has 0 amide bonds. The third kappa shape index (κ3) is 3.28. The van der Waals surface area contributed by atoms with E-state index in [1.165, 1.54) is 49.3 Å². The topological polar surface area (TPSA) is 29.3 Å². The maximum absolute atomic E-state index is 6.46. The van der Waals surface area contributed by atoms with E-state index in [9.17, 15) is 0 Å². The Bertz CT molecular complexity index is 789. The first kappa shape index (κ1) is 21.3. The summed E-state index contributed by atoms with van der Waals surface area (Å²) < 4.78 is 0. The summed E-state index contributed by atoms with van der Waals surface area (Å²) in [6.45, 7) is 9.14. The first-order chi connectivity index (χ1) is 14.3. The van der Waals surface area contributed by atoms with Crippen molar-refractivity contribution in [1.82, 2.24) is 4.90 Å². The Labute approximate surface area is 191 Å². The molecular formula is C26H40N2S2. The molecule has 2 aliphatic carbocycles. The van der Waals surface area contributed by atoms with Crippen LogP contribution in [0.15, 0.2) is 30.3 Å². The first-order valence-corrected chi connectivity index (χ1v) is 14.2. The highest BCUT2D eigenvalue weighted by atomic mass is 32.2. The van der Waals surface area contributed by atoms with Gasteiger partial charge in [0.25, 0.3) is 0 Å². The zero-order valence-corrected chi connectivity index (χ0v) is 20.8. The summed E-state index contributed by atoms with van der Waals surface area (Å²) in [4.78, 5) is 3.90. The standard InChI is InChI=1S/C26H40N2S2/c1-4-12-30-20-13-25(19-8-6-5-7-9-19)14-21(30)16-26(15-20,17-25)23(29)28-11-10-22(27)24(2,3)18-28/h5-9,20-22,30H,4,10-18,27H2,1-3H3/t20?,21?,22-,25?,26?/m0/s1. The van der Waals surface area contributed by atoms with Crippen molar-refractivity contribution in [2.24, 2.45) is 16.6 Å². The quantitative estimate of drug-likeness (QED) is 0.479. The SMILES string of the molecule is CCC[SH]1C2CC3(C(=S)N4CC[C@H](N)C(C)(C)C4)CC1CC(c1ccccc1)(C2)C3. The summed E-state index contributed by atoms with van der Waals surface area (Å²) in [6, 6.07) is 11.8. The molecule has 2 nitrogen and oxygen atoms in total. The summed E-state index contributed by atoms with van der Waals surface area (Å²) in [6.07, 6.45) is 9.28. The van der Waals surface area contributed by atoms with Crippen molar-refractivity contribution in [3.8, 4) is 0 Å². The Balaban J connectivity index is 1.49. The average molecular weight is 445 g/mol. The number of nitrogens with zero attached hydrogens (tertiary/aromatic N) is 1. The average Bonchev–Trinajstić information content (AvgIpc) is 2.72. The van der Waals surface area contributed by atoms with Crippen LogP contribution < -0.4 is 5.73 Å². The third-order valence-corrected chi connectivity index (χ3v) is 13.3. The molecule has 2 N–H and O–H groups in total. The molecule has 0 aromatic heterocycles. The van der Waals surface area contributed by atoms with Gasteiger partial charge >= 0.3 is 0 Å². The summed E-state index contributed by atoms with van der Waals surface area (Å²) in [5.41, 5.74) is 8.83. The van der Waals surface area contributed by atoms with Gasteiger partial charge in [-0.2, -0.15) is 0 Å². The molecule has 0 radical (unpaired) electrons. The van der Waals surface area contributed by atoms with Crippen molar-refractivity contribution in [3.05, 3.63) is 35.9 Å². The third-order valence-electron chi connectivity index (χ3n) is 9.04. The molecule has 3 atom stereocenters. The molecule has 0 spiro atoms. The van der Waals surface area contributed by atoms with E-state index < -0.39 is 0 Å². The fraction of sp³-hybridized carbons (Fsp3) is 0.731. The summed E-state index contributed by atoms with van der Waals surface area (Å²) in [5, 5.41) is 1.83. The Morgan fingerprint density at radius 3 is 2.40 bits per heavy atom. The minimum atomic E-state index is 0.149. The Kier molecular flexibility index (Phi) is 5.31.